The number of fused-ring (bicyclic) bond motifs is 4. The summed E-state index contributed by atoms with van der Waals surface area (Å²) in [6.45, 7) is 8.73. The van der Waals surface area contributed by atoms with E-state index in [2.05, 4.69) is 0 Å². The molecule has 0 aromatic rings. The molecule has 8 heteroatoms. The number of ether oxygens (including phenoxy) is 2. The summed E-state index contributed by atoms with van der Waals surface area (Å²) >= 11 is 0. The predicted molar refractivity (Wildman–Crippen MR) is 127 cm³/mol. The first-order chi connectivity index (χ1) is 16.6. The number of ketones is 1. The van der Waals surface area contributed by atoms with E-state index in [0.717, 1.165) is 5.57 Å². The highest BCUT2D eigenvalue weighted by Gasteiger charge is 2.84. The lowest BCUT2D eigenvalue weighted by Gasteiger charge is -2.63. The van der Waals surface area contributed by atoms with Gasteiger partial charge in [-0.05, 0) is 83.8 Å². The molecule has 198 valence electrons. The van der Waals surface area contributed by atoms with Gasteiger partial charge in [-0.3, -0.25) is 4.79 Å². The molecule has 0 unspecified atom stereocenters. The molecule has 0 bridgehead atoms. The second-order valence-electron chi connectivity index (χ2n) is 13.0. The summed E-state index contributed by atoms with van der Waals surface area (Å²) in [7, 11) is 0. The smallest absolute Gasteiger partial charge is 0.334 e. The van der Waals surface area contributed by atoms with Gasteiger partial charge in [-0.15, -0.1) is 0 Å². The van der Waals surface area contributed by atoms with E-state index in [9.17, 15) is 30.0 Å². The number of allylic oxidation sites excluding steroid dienone is 1. The van der Waals surface area contributed by atoms with Crippen molar-refractivity contribution in [2.24, 2.45) is 22.7 Å². The highest BCUT2D eigenvalue weighted by Crippen LogP contribution is 2.75. The fourth-order valence-corrected chi connectivity index (χ4v) is 9.42. The fourth-order valence-electron chi connectivity index (χ4n) is 9.42. The Labute approximate surface area is 211 Å². The van der Waals surface area contributed by atoms with Gasteiger partial charge < -0.3 is 29.9 Å². The van der Waals surface area contributed by atoms with Gasteiger partial charge in [-0.1, -0.05) is 12.5 Å². The summed E-state index contributed by atoms with van der Waals surface area (Å²) in [6.07, 6.45) is 2.84. The van der Waals surface area contributed by atoms with Crippen LogP contribution in [0.15, 0.2) is 23.3 Å². The van der Waals surface area contributed by atoms with E-state index >= 15 is 0 Å². The van der Waals surface area contributed by atoms with Crippen LogP contribution in [-0.4, -0.2) is 72.9 Å². The number of epoxide rings is 1. The van der Waals surface area contributed by atoms with Crippen LogP contribution in [-0.2, 0) is 19.1 Å². The normalized spacial score (nSPS) is 55.2. The number of esters is 1. The Balaban J connectivity index is 1.39. The topological polar surface area (TPSA) is 137 Å². The fraction of sp³-hybridized carbons (Fsp3) is 0.786. The standard InChI is InChI=1S/C28H38O8/c1-14-12-20(35-22(31)15(14)2)25(5,32)27(34)11-10-26(33)17-13-21-28(36-21)19(30)7-6-18(29)24(28,4)16(17)8-9-23(26,27)3/h6-7,16-17,19-21,30,32-34H,8-13H2,1-5H3/t16-,17+,19-,20-,21+,23-,24-,25+,26+,27-,28-/m0/s1. The van der Waals surface area contributed by atoms with E-state index in [0.29, 0.717) is 31.3 Å². The summed E-state index contributed by atoms with van der Waals surface area (Å²) < 4.78 is 11.7. The zero-order chi connectivity index (χ0) is 26.3. The van der Waals surface area contributed by atoms with Gasteiger partial charge in [0.1, 0.15) is 29.0 Å². The average Bonchev–Trinajstić information content (AvgIpc) is 3.51. The lowest BCUT2D eigenvalue weighted by molar-refractivity contribution is -0.283. The molecule has 2 aliphatic heterocycles. The van der Waals surface area contributed by atoms with Crippen molar-refractivity contribution in [1.82, 2.24) is 0 Å². The van der Waals surface area contributed by atoms with Crippen molar-refractivity contribution in [2.75, 3.05) is 0 Å². The van der Waals surface area contributed by atoms with Crippen LogP contribution in [0.25, 0.3) is 0 Å². The van der Waals surface area contributed by atoms with Crippen LogP contribution in [0, 0.1) is 22.7 Å². The van der Waals surface area contributed by atoms with Gasteiger partial charge >= 0.3 is 5.97 Å². The molecule has 4 aliphatic carbocycles. The third-order valence-corrected chi connectivity index (χ3v) is 12.1. The highest BCUT2D eigenvalue weighted by molar-refractivity contribution is 5.98. The summed E-state index contributed by atoms with van der Waals surface area (Å²) in [5.41, 5.74) is -6.64. The second kappa shape index (κ2) is 6.89. The number of hydrogen-bond donors (Lipinski definition) is 4. The SMILES string of the molecule is CC1=C(C)C(=O)O[C@H]([C@@](C)(O)[C@]2(O)CC[C@@]3(O)[C@@H]4C[C@H]5O[C@@]56[C@@H](O)C=CC(=O)[C@]6(C)[C@H]4CC[C@]23C)C1. The number of carbonyl (C=O) groups is 2. The molecule has 1 spiro atoms. The third kappa shape index (κ3) is 2.40. The van der Waals surface area contributed by atoms with E-state index in [1.807, 2.05) is 20.8 Å². The molecule has 0 amide bonds. The Kier molecular flexibility index (Phi) is 4.73. The van der Waals surface area contributed by atoms with Gasteiger partial charge in [0.15, 0.2) is 5.78 Å². The van der Waals surface area contributed by atoms with Gasteiger partial charge in [0.25, 0.3) is 0 Å². The zero-order valence-corrected chi connectivity index (χ0v) is 21.7. The molecule has 2 heterocycles. The van der Waals surface area contributed by atoms with Gasteiger partial charge in [0, 0.05) is 17.4 Å². The molecule has 0 aromatic carbocycles. The number of carbonyl (C=O) groups excluding carboxylic acids is 2. The Morgan fingerprint density at radius 1 is 1.08 bits per heavy atom. The maximum Gasteiger partial charge on any atom is 0.334 e. The van der Waals surface area contributed by atoms with E-state index < -0.39 is 51.4 Å². The van der Waals surface area contributed by atoms with Crippen molar-refractivity contribution in [3.05, 3.63) is 23.3 Å². The molecular formula is C28H38O8. The highest BCUT2D eigenvalue weighted by atomic mass is 16.6. The quantitative estimate of drug-likeness (QED) is 0.331. The maximum absolute atomic E-state index is 13.3. The van der Waals surface area contributed by atoms with E-state index in [1.165, 1.54) is 19.1 Å². The molecule has 6 aliphatic rings. The molecule has 1 saturated heterocycles. The van der Waals surface area contributed by atoms with Crippen molar-refractivity contribution in [3.8, 4) is 0 Å². The Bertz CT molecular complexity index is 1120. The molecule has 36 heavy (non-hydrogen) atoms. The van der Waals surface area contributed by atoms with Gasteiger partial charge in [0.05, 0.1) is 17.1 Å². The molecule has 8 nitrogen and oxygen atoms in total. The summed E-state index contributed by atoms with van der Waals surface area (Å²) in [4.78, 5) is 25.8. The van der Waals surface area contributed by atoms with Crippen molar-refractivity contribution < 1.29 is 39.5 Å². The van der Waals surface area contributed by atoms with Crippen LogP contribution in [0.1, 0.15) is 73.1 Å². The van der Waals surface area contributed by atoms with E-state index in [1.54, 1.807) is 6.92 Å². The van der Waals surface area contributed by atoms with Crippen molar-refractivity contribution in [1.29, 1.82) is 0 Å². The predicted octanol–water partition coefficient (Wildman–Crippen LogP) is 1.73. The molecular weight excluding hydrogens is 464 g/mol. The molecule has 11 atom stereocenters. The van der Waals surface area contributed by atoms with Gasteiger partial charge in [-0.25, -0.2) is 4.79 Å². The number of rotatable bonds is 2. The first-order valence-corrected chi connectivity index (χ1v) is 13.2. The Morgan fingerprint density at radius 3 is 2.44 bits per heavy atom. The molecule has 6 rings (SSSR count). The first-order valence-electron chi connectivity index (χ1n) is 13.2. The minimum atomic E-state index is -1.81. The minimum Gasteiger partial charge on any atom is -0.455 e. The number of hydrogen-bond acceptors (Lipinski definition) is 8. The lowest BCUT2D eigenvalue weighted by Crippen LogP contribution is -2.73. The van der Waals surface area contributed by atoms with Crippen molar-refractivity contribution in [3.63, 3.8) is 0 Å². The Morgan fingerprint density at radius 2 is 1.78 bits per heavy atom. The van der Waals surface area contributed by atoms with Crippen LogP contribution < -0.4 is 0 Å². The lowest BCUT2D eigenvalue weighted by atomic mass is 9.42. The zero-order valence-electron chi connectivity index (χ0n) is 21.7. The maximum atomic E-state index is 13.3. The first kappa shape index (κ1) is 24.7. The van der Waals surface area contributed by atoms with Crippen molar-refractivity contribution >= 4 is 11.8 Å². The minimum absolute atomic E-state index is 0.0933. The molecule has 0 aromatic heterocycles. The monoisotopic (exact) mass is 502 g/mol. The van der Waals surface area contributed by atoms with E-state index in [-0.39, 0.29) is 36.6 Å². The molecule has 4 fully saturated rings. The second-order valence-corrected chi connectivity index (χ2v) is 13.0. The summed E-state index contributed by atoms with van der Waals surface area (Å²) in [5, 5.41) is 47.5. The van der Waals surface area contributed by atoms with Crippen LogP contribution in [0.3, 0.4) is 0 Å². The summed E-state index contributed by atoms with van der Waals surface area (Å²) in [6, 6.07) is 0. The van der Waals surface area contributed by atoms with Crippen LogP contribution in [0.4, 0.5) is 0 Å². The summed E-state index contributed by atoms with van der Waals surface area (Å²) in [5.74, 6) is -1.19. The molecule has 3 saturated carbocycles. The van der Waals surface area contributed by atoms with Crippen LogP contribution in [0.2, 0.25) is 0 Å². The number of cyclic esters (lactones) is 1. The van der Waals surface area contributed by atoms with Gasteiger partial charge in [-0.2, -0.15) is 0 Å². The van der Waals surface area contributed by atoms with Crippen LogP contribution in [0.5, 0.6) is 0 Å². The largest absolute Gasteiger partial charge is 0.455 e. The molecule has 4 N–H and O–H groups in total. The Hall–Kier alpha value is -1.58. The number of aliphatic hydroxyl groups is 4. The third-order valence-electron chi connectivity index (χ3n) is 12.1. The van der Waals surface area contributed by atoms with E-state index in [4.69, 9.17) is 9.47 Å². The molecule has 0 radical (unpaired) electrons. The van der Waals surface area contributed by atoms with Crippen molar-refractivity contribution in [2.45, 2.75) is 114 Å². The average molecular weight is 503 g/mol. The number of aliphatic hydroxyl groups excluding tert-OH is 1. The van der Waals surface area contributed by atoms with Gasteiger partial charge in [0.2, 0.25) is 0 Å². The van der Waals surface area contributed by atoms with Crippen LogP contribution >= 0.6 is 0 Å².